The van der Waals surface area contributed by atoms with Crippen LogP contribution in [0.2, 0.25) is 0 Å². The van der Waals surface area contributed by atoms with Crippen molar-refractivity contribution < 1.29 is 23.2 Å². The number of rotatable bonds is 3. The lowest BCUT2D eigenvalue weighted by Gasteiger charge is -2.37. The zero-order valence-electron chi connectivity index (χ0n) is 9.70. The Kier molecular flexibility index (Phi) is 3.23. The van der Waals surface area contributed by atoms with Crippen LogP contribution in [0.1, 0.15) is 11.1 Å². The molecule has 1 saturated heterocycles. The number of nitro groups is 1. The Balaban J connectivity index is 2.36. The number of hydrogen-bond donors (Lipinski definition) is 2. The molecule has 0 amide bonds. The van der Waals surface area contributed by atoms with Gasteiger partial charge in [0.2, 0.25) is 0 Å². The topological polar surface area (TPSA) is 75.4 Å². The van der Waals surface area contributed by atoms with Gasteiger partial charge in [0.1, 0.15) is 0 Å². The molecule has 1 aliphatic rings. The molecule has 5 nitrogen and oxygen atoms in total. The van der Waals surface area contributed by atoms with Crippen molar-refractivity contribution >= 4 is 5.69 Å². The van der Waals surface area contributed by atoms with E-state index in [0.717, 1.165) is 12.1 Å². The molecule has 0 radical (unpaired) electrons. The number of alkyl halides is 3. The van der Waals surface area contributed by atoms with Crippen molar-refractivity contribution in [2.24, 2.45) is 0 Å². The van der Waals surface area contributed by atoms with Crippen LogP contribution in [0.5, 0.6) is 0 Å². The van der Waals surface area contributed by atoms with Crippen molar-refractivity contribution in [1.82, 2.24) is 5.32 Å². The summed E-state index contributed by atoms with van der Waals surface area (Å²) in [5.41, 5.74) is -2.70. The first kappa shape index (κ1) is 13.8. The Morgan fingerprint density at radius 2 is 2.05 bits per heavy atom. The van der Waals surface area contributed by atoms with E-state index in [9.17, 15) is 28.4 Å². The van der Waals surface area contributed by atoms with E-state index in [-0.39, 0.29) is 25.1 Å². The quantitative estimate of drug-likeness (QED) is 0.648. The number of benzene rings is 1. The molecule has 0 unspecified atom stereocenters. The molecular formula is C11H11F3N2O3. The molecule has 0 atom stereocenters. The van der Waals surface area contributed by atoms with Gasteiger partial charge in [-0.3, -0.25) is 10.1 Å². The van der Waals surface area contributed by atoms with Crippen LogP contribution in [-0.4, -0.2) is 28.7 Å². The van der Waals surface area contributed by atoms with Gasteiger partial charge in [-0.25, -0.2) is 0 Å². The van der Waals surface area contributed by atoms with Gasteiger partial charge < -0.3 is 10.4 Å². The summed E-state index contributed by atoms with van der Waals surface area (Å²) in [6.45, 7) is 0.538. The highest BCUT2D eigenvalue weighted by Crippen LogP contribution is 2.34. The van der Waals surface area contributed by atoms with Gasteiger partial charge in [-0.05, 0) is 6.07 Å². The third-order valence-corrected chi connectivity index (χ3v) is 3.04. The average molecular weight is 276 g/mol. The van der Waals surface area contributed by atoms with E-state index in [0.29, 0.717) is 6.07 Å². The molecule has 8 heteroatoms. The zero-order valence-corrected chi connectivity index (χ0v) is 9.70. The van der Waals surface area contributed by atoms with E-state index < -0.39 is 28.0 Å². The first-order chi connectivity index (χ1) is 8.71. The summed E-state index contributed by atoms with van der Waals surface area (Å²) >= 11 is 0. The summed E-state index contributed by atoms with van der Waals surface area (Å²) < 4.78 is 37.5. The first-order valence-corrected chi connectivity index (χ1v) is 5.49. The van der Waals surface area contributed by atoms with Crippen molar-refractivity contribution in [3.63, 3.8) is 0 Å². The third kappa shape index (κ3) is 2.85. The molecule has 0 saturated carbocycles. The van der Waals surface area contributed by atoms with Gasteiger partial charge in [0.15, 0.2) is 0 Å². The Labute approximate surface area is 106 Å². The van der Waals surface area contributed by atoms with Crippen LogP contribution in [0.15, 0.2) is 18.2 Å². The highest BCUT2D eigenvalue weighted by molar-refractivity contribution is 5.45. The average Bonchev–Trinajstić information content (AvgIpc) is 2.25. The molecule has 1 heterocycles. The lowest BCUT2D eigenvalue weighted by molar-refractivity contribution is -0.386. The van der Waals surface area contributed by atoms with Gasteiger partial charge in [-0.1, -0.05) is 6.07 Å². The molecule has 0 spiro atoms. The molecule has 104 valence electrons. The summed E-state index contributed by atoms with van der Waals surface area (Å²) in [6.07, 6.45) is -4.67. The Morgan fingerprint density at radius 3 is 2.47 bits per heavy atom. The SMILES string of the molecule is O=[N+]([O-])c1cc(C(F)(F)F)ccc1CC1(O)CNC1. The molecule has 19 heavy (non-hydrogen) atoms. The number of nitrogens with one attached hydrogen (secondary N) is 1. The maximum Gasteiger partial charge on any atom is 0.416 e. The maximum atomic E-state index is 12.5. The second kappa shape index (κ2) is 4.46. The Morgan fingerprint density at radius 1 is 1.42 bits per heavy atom. The first-order valence-electron chi connectivity index (χ1n) is 5.49. The second-order valence-corrected chi connectivity index (χ2v) is 4.60. The summed E-state index contributed by atoms with van der Waals surface area (Å²) in [7, 11) is 0. The fourth-order valence-electron chi connectivity index (χ4n) is 1.95. The molecule has 1 aromatic rings. The van der Waals surface area contributed by atoms with Gasteiger partial charge in [0.25, 0.3) is 5.69 Å². The highest BCUT2D eigenvalue weighted by Gasteiger charge is 2.38. The van der Waals surface area contributed by atoms with Crippen LogP contribution in [0.3, 0.4) is 0 Å². The van der Waals surface area contributed by atoms with Crippen LogP contribution in [0.25, 0.3) is 0 Å². The normalized spacial score (nSPS) is 17.9. The van der Waals surface area contributed by atoms with Crippen LogP contribution >= 0.6 is 0 Å². The smallest absolute Gasteiger partial charge is 0.387 e. The summed E-state index contributed by atoms with van der Waals surface area (Å²) in [4.78, 5) is 9.97. The van der Waals surface area contributed by atoms with Gasteiger partial charge in [0.05, 0.1) is 16.1 Å². The van der Waals surface area contributed by atoms with Crippen molar-refractivity contribution in [2.45, 2.75) is 18.2 Å². The van der Waals surface area contributed by atoms with Crippen molar-refractivity contribution in [2.75, 3.05) is 13.1 Å². The number of aliphatic hydroxyl groups is 1. The van der Waals surface area contributed by atoms with Crippen LogP contribution in [0.4, 0.5) is 18.9 Å². The van der Waals surface area contributed by atoms with Crippen molar-refractivity contribution in [1.29, 1.82) is 0 Å². The van der Waals surface area contributed by atoms with Crippen LogP contribution in [0, 0.1) is 10.1 Å². The molecule has 1 aliphatic heterocycles. The molecule has 0 aliphatic carbocycles. The van der Waals surface area contributed by atoms with Gasteiger partial charge in [-0.2, -0.15) is 13.2 Å². The van der Waals surface area contributed by atoms with Crippen LogP contribution in [-0.2, 0) is 12.6 Å². The number of nitrogens with zero attached hydrogens (tertiary/aromatic N) is 1. The zero-order chi connectivity index (χ0) is 14.3. The van der Waals surface area contributed by atoms with E-state index in [4.69, 9.17) is 0 Å². The number of nitro benzene ring substituents is 1. The predicted octanol–water partition coefficient (Wildman–Crippen LogP) is 1.49. The molecule has 0 aromatic heterocycles. The fraction of sp³-hybridized carbons (Fsp3) is 0.455. The highest BCUT2D eigenvalue weighted by atomic mass is 19.4. The van der Waals surface area contributed by atoms with Crippen LogP contribution < -0.4 is 5.32 Å². The lowest BCUT2D eigenvalue weighted by Crippen LogP contribution is -2.60. The van der Waals surface area contributed by atoms with Gasteiger partial charge in [-0.15, -0.1) is 0 Å². The Bertz CT molecular complexity index is 512. The predicted molar refractivity (Wildman–Crippen MR) is 59.6 cm³/mol. The summed E-state index contributed by atoms with van der Waals surface area (Å²) in [5.74, 6) is 0. The number of hydrogen-bond acceptors (Lipinski definition) is 4. The monoisotopic (exact) mass is 276 g/mol. The molecule has 2 N–H and O–H groups in total. The van der Waals surface area contributed by atoms with Crippen molar-refractivity contribution in [3.05, 3.63) is 39.4 Å². The number of halogens is 3. The minimum absolute atomic E-state index is 0.0472. The molecule has 2 rings (SSSR count). The number of β-amino-alcohol motifs (C(OH)–C–C–N with tert-alkyl or cyclic N) is 1. The fourth-order valence-corrected chi connectivity index (χ4v) is 1.95. The van der Waals surface area contributed by atoms with E-state index in [1.807, 2.05) is 0 Å². The minimum atomic E-state index is -4.63. The lowest BCUT2D eigenvalue weighted by atomic mass is 9.88. The summed E-state index contributed by atoms with van der Waals surface area (Å²) in [6, 6.07) is 2.35. The molecule has 1 aromatic carbocycles. The van der Waals surface area contributed by atoms with Crippen molar-refractivity contribution in [3.8, 4) is 0 Å². The second-order valence-electron chi connectivity index (χ2n) is 4.60. The Hall–Kier alpha value is -1.67. The molecule has 1 fully saturated rings. The summed E-state index contributed by atoms with van der Waals surface area (Å²) in [5, 5.41) is 23.5. The largest absolute Gasteiger partial charge is 0.416 e. The minimum Gasteiger partial charge on any atom is -0.387 e. The van der Waals surface area contributed by atoms with Gasteiger partial charge >= 0.3 is 6.18 Å². The van der Waals surface area contributed by atoms with E-state index in [1.165, 1.54) is 0 Å². The maximum absolute atomic E-state index is 12.5. The van der Waals surface area contributed by atoms with Gasteiger partial charge in [0, 0.05) is 31.1 Å². The van der Waals surface area contributed by atoms with E-state index >= 15 is 0 Å². The third-order valence-electron chi connectivity index (χ3n) is 3.04. The molecule has 0 bridgehead atoms. The molecular weight excluding hydrogens is 265 g/mol. The van der Waals surface area contributed by atoms with E-state index in [1.54, 1.807) is 0 Å². The van der Waals surface area contributed by atoms with E-state index in [2.05, 4.69) is 5.32 Å². The standard InChI is InChI=1S/C11H11F3N2O3/c12-11(13,14)8-2-1-7(9(3-8)16(18)19)4-10(17)5-15-6-10/h1-3,15,17H,4-6H2.